The Morgan fingerprint density at radius 3 is 2.64 bits per heavy atom. The van der Waals surface area contributed by atoms with Crippen LogP contribution < -0.4 is 5.32 Å². The van der Waals surface area contributed by atoms with E-state index in [1.165, 1.54) is 0 Å². The molecule has 0 fully saturated rings. The van der Waals surface area contributed by atoms with Crippen molar-refractivity contribution in [3.63, 3.8) is 0 Å². The van der Waals surface area contributed by atoms with Crippen molar-refractivity contribution in [3.8, 4) is 5.95 Å². The van der Waals surface area contributed by atoms with Crippen LogP contribution in [-0.4, -0.2) is 41.8 Å². The van der Waals surface area contributed by atoms with Crippen LogP contribution in [0.4, 0.5) is 5.69 Å². The van der Waals surface area contributed by atoms with Crippen molar-refractivity contribution in [1.82, 2.24) is 28.8 Å². The van der Waals surface area contributed by atoms with Crippen molar-refractivity contribution in [2.75, 3.05) is 12.4 Å². The van der Waals surface area contributed by atoms with Crippen molar-refractivity contribution in [2.45, 2.75) is 13.1 Å². The molecule has 0 unspecified atom stereocenters. The van der Waals surface area contributed by atoms with E-state index in [2.05, 4.69) is 15.3 Å². The maximum absolute atomic E-state index is 12.9. The van der Waals surface area contributed by atoms with Gasteiger partial charge in [-0.3, -0.25) is 18.7 Å². The van der Waals surface area contributed by atoms with E-state index in [0.29, 0.717) is 24.7 Å². The van der Waals surface area contributed by atoms with Crippen LogP contribution >= 0.6 is 0 Å². The number of nitrogens with zero attached hydrogens (tertiary/aromatic N) is 6. The summed E-state index contributed by atoms with van der Waals surface area (Å²) in [7, 11) is 1.74. The van der Waals surface area contributed by atoms with E-state index in [-0.39, 0.29) is 5.91 Å². The van der Waals surface area contributed by atoms with Crippen LogP contribution in [0.15, 0.2) is 91.6 Å². The molecule has 0 atom stereocenters. The molecular weight excluding hydrogens is 414 g/mol. The third kappa shape index (κ3) is 4.31. The van der Waals surface area contributed by atoms with E-state index in [1.54, 1.807) is 35.2 Å². The van der Waals surface area contributed by atoms with Crippen LogP contribution in [-0.2, 0) is 13.1 Å². The third-order valence-electron chi connectivity index (χ3n) is 5.34. The van der Waals surface area contributed by atoms with Gasteiger partial charge in [-0.05, 0) is 36.4 Å². The van der Waals surface area contributed by atoms with E-state index in [9.17, 15) is 4.79 Å². The summed E-state index contributed by atoms with van der Waals surface area (Å²) in [4.78, 5) is 28.0. The summed E-state index contributed by atoms with van der Waals surface area (Å²) in [5.41, 5.74) is 4.10. The predicted molar refractivity (Wildman–Crippen MR) is 126 cm³/mol. The number of benzene rings is 1. The molecule has 0 saturated heterocycles. The Kier molecular flexibility index (Phi) is 5.55. The second kappa shape index (κ2) is 8.96. The Hall–Kier alpha value is -4.46. The molecule has 0 spiro atoms. The highest BCUT2D eigenvalue weighted by molar-refractivity contribution is 5.92. The number of fused-ring (bicyclic) bond motifs is 1. The molecular formula is C25H23N7O. The maximum atomic E-state index is 12.9. The Morgan fingerprint density at radius 1 is 1.00 bits per heavy atom. The summed E-state index contributed by atoms with van der Waals surface area (Å²) in [6, 6.07) is 21.6. The highest BCUT2D eigenvalue weighted by atomic mass is 16.2. The number of para-hydroxylation sites is 1. The van der Waals surface area contributed by atoms with Gasteiger partial charge in [0.25, 0.3) is 5.91 Å². The number of imidazole rings is 2. The number of aromatic nitrogens is 5. The summed E-state index contributed by atoms with van der Waals surface area (Å²) in [6.07, 6.45) is 7.01. The lowest BCUT2D eigenvalue weighted by Crippen LogP contribution is -2.26. The number of hydrogen-bond acceptors (Lipinski definition) is 5. The molecule has 0 aliphatic rings. The Balaban J connectivity index is 1.39. The Labute approximate surface area is 191 Å². The minimum Gasteiger partial charge on any atom is -0.379 e. The van der Waals surface area contributed by atoms with Crippen LogP contribution in [0.5, 0.6) is 0 Å². The highest BCUT2D eigenvalue weighted by Crippen LogP contribution is 2.19. The fourth-order valence-corrected chi connectivity index (χ4v) is 3.68. The van der Waals surface area contributed by atoms with Gasteiger partial charge in [0.05, 0.1) is 30.0 Å². The fraction of sp³-hybridized carbons (Fsp3) is 0.120. The van der Waals surface area contributed by atoms with Crippen molar-refractivity contribution < 1.29 is 4.79 Å². The first-order valence-electron chi connectivity index (χ1n) is 10.6. The number of rotatable bonds is 7. The second-order valence-corrected chi connectivity index (χ2v) is 7.68. The molecule has 0 radical (unpaired) electrons. The minimum absolute atomic E-state index is 0.175. The number of amides is 1. The van der Waals surface area contributed by atoms with Gasteiger partial charge in [0.15, 0.2) is 0 Å². The van der Waals surface area contributed by atoms with E-state index in [4.69, 9.17) is 4.98 Å². The van der Waals surface area contributed by atoms with Gasteiger partial charge in [-0.1, -0.05) is 30.3 Å². The van der Waals surface area contributed by atoms with Gasteiger partial charge in [-0.2, -0.15) is 0 Å². The van der Waals surface area contributed by atoms with Crippen LogP contribution in [0.1, 0.15) is 21.9 Å². The number of carbonyl (C=O) groups excluding carboxylic acids is 1. The van der Waals surface area contributed by atoms with Crippen LogP contribution in [0.25, 0.3) is 11.5 Å². The van der Waals surface area contributed by atoms with Crippen molar-refractivity contribution in [1.29, 1.82) is 0 Å². The second-order valence-electron chi connectivity index (χ2n) is 7.68. The first kappa shape index (κ1) is 20.4. The Morgan fingerprint density at radius 2 is 1.82 bits per heavy atom. The van der Waals surface area contributed by atoms with E-state index in [0.717, 1.165) is 22.6 Å². The molecule has 4 aromatic heterocycles. The monoisotopic (exact) mass is 437 g/mol. The lowest BCUT2D eigenvalue weighted by Gasteiger charge is -2.15. The quantitative estimate of drug-likeness (QED) is 0.419. The smallest absolute Gasteiger partial charge is 0.274 e. The minimum atomic E-state index is -0.175. The third-order valence-corrected chi connectivity index (χ3v) is 5.34. The van der Waals surface area contributed by atoms with Crippen LogP contribution in [0.3, 0.4) is 0 Å². The first-order chi connectivity index (χ1) is 16.2. The molecule has 5 rings (SSSR count). The van der Waals surface area contributed by atoms with Gasteiger partial charge < -0.3 is 10.2 Å². The standard InChI is InChI=1S/C25H23N7O/c1-30(16-20-11-5-7-13-26-20)24(33)22-17-31(18-28-22)25-29-21(23-12-6-8-14-32(23)25)15-27-19-9-3-2-4-10-19/h2-14,17-18,27H,15-16H2,1H3. The number of nitrogens with one attached hydrogen (secondary N) is 1. The average molecular weight is 438 g/mol. The van der Waals surface area contributed by atoms with Gasteiger partial charge in [0, 0.05) is 31.3 Å². The van der Waals surface area contributed by atoms with E-state index < -0.39 is 0 Å². The van der Waals surface area contributed by atoms with Gasteiger partial charge >= 0.3 is 0 Å². The normalized spacial score (nSPS) is 10.9. The fourth-order valence-electron chi connectivity index (χ4n) is 3.68. The number of carbonyl (C=O) groups is 1. The molecule has 1 N–H and O–H groups in total. The summed E-state index contributed by atoms with van der Waals surface area (Å²) in [6.45, 7) is 0.985. The van der Waals surface area contributed by atoms with Gasteiger partial charge in [0.2, 0.25) is 5.95 Å². The highest BCUT2D eigenvalue weighted by Gasteiger charge is 2.18. The number of anilines is 1. The lowest BCUT2D eigenvalue weighted by molar-refractivity contribution is 0.0778. The van der Waals surface area contributed by atoms with Crippen molar-refractivity contribution in [3.05, 3.63) is 109 Å². The number of hydrogen-bond donors (Lipinski definition) is 1. The summed E-state index contributed by atoms with van der Waals surface area (Å²) >= 11 is 0. The molecule has 164 valence electrons. The zero-order chi connectivity index (χ0) is 22.6. The Bertz CT molecular complexity index is 1380. The van der Waals surface area contributed by atoms with Gasteiger partial charge in [-0.25, -0.2) is 9.97 Å². The van der Waals surface area contributed by atoms with Crippen LogP contribution in [0, 0.1) is 0 Å². The molecule has 0 saturated carbocycles. The molecule has 1 aromatic carbocycles. The average Bonchev–Trinajstić information content (AvgIpc) is 3.49. The van der Waals surface area contributed by atoms with E-state index >= 15 is 0 Å². The molecule has 0 aliphatic heterocycles. The molecule has 33 heavy (non-hydrogen) atoms. The molecule has 4 heterocycles. The SMILES string of the molecule is CN(Cc1ccccn1)C(=O)c1cn(-c2nc(CNc3ccccc3)c3ccccn23)cn1. The molecule has 8 heteroatoms. The van der Waals surface area contributed by atoms with Gasteiger partial charge in [0.1, 0.15) is 12.0 Å². The van der Waals surface area contributed by atoms with Crippen molar-refractivity contribution in [2.24, 2.45) is 0 Å². The van der Waals surface area contributed by atoms with Crippen molar-refractivity contribution >= 4 is 17.1 Å². The van der Waals surface area contributed by atoms with E-state index in [1.807, 2.05) is 77.3 Å². The molecule has 8 nitrogen and oxygen atoms in total. The lowest BCUT2D eigenvalue weighted by atomic mass is 10.3. The predicted octanol–water partition coefficient (Wildman–Crippen LogP) is 3.80. The summed E-state index contributed by atoms with van der Waals surface area (Å²) < 4.78 is 3.77. The molecule has 1 amide bonds. The number of pyridine rings is 2. The summed E-state index contributed by atoms with van der Waals surface area (Å²) in [5, 5.41) is 3.41. The molecule has 0 aliphatic carbocycles. The summed E-state index contributed by atoms with van der Waals surface area (Å²) in [5.74, 6) is 0.501. The molecule has 0 bridgehead atoms. The van der Waals surface area contributed by atoms with Gasteiger partial charge in [-0.15, -0.1) is 0 Å². The topological polar surface area (TPSA) is 80.4 Å². The largest absolute Gasteiger partial charge is 0.379 e. The maximum Gasteiger partial charge on any atom is 0.274 e. The van der Waals surface area contributed by atoms with Crippen LogP contribution in [0.2, 0.25) is 0 Å². The zero-order valence-corrected chi connectivity index (χ0v) is 18.2. The molecule has 5 aromatic rings. The first-order valence-corrected chi connectivity index (χ1v) is 10.6. The zero-order valence-electron chi connectivity index (χ0n) is 18.2.